The third-order valence-electron chi connectivity index (χ3n) is 3.62. The topological polar surface area (TPSA) is 116 Å². The van der Waals surface area contributed by atoms with Gasteiger partial charge in [0.25, 0.3) is 0 Å². The van der Waals surface area contributed by atoms with Gasteiger partial charge in [0.05, 0.1) is 72.6 Å². The zero-order valence-corrected chi connectivity index (χ0v) is 17.6. The SMILES string of the molecule is CN(C)Cc1nccn1CCOCCOCCOCCOCCOCCN=[N+]=[N-]. The van der Waals surface area contributed by atoms with E-state index < -0.39 is 0 Å². The van der Waals surface area contributed by atoms with Gasteiger partial charge in [-0.1, -0.05) is 5.11 Å². The van der Waals surface area contributed by atoms with Crippen LogP contribution in [-0.4, -0.2) is 101 Å². The van der Waals surface area contributed by atoms with Gasteiger partial charge in [-0.3, -0.25) is 0 Å². The van der Waals surface area contributed by atoms with Crippen molar-refractivity contribution < 1.29 is 23.7 Å². The highest BCUT2D eigenvalue weighted by Gasteiger charge is 2.03. The van der Waals surface area contributed by atoms with E-state index in [1.807, 2.05) is 26.5 Å². The quantitative estimate of drug-likeness (QED) is 0.137. The Labute approximate surface area is 172 Å². The largest absolute Gasteiger partial charge is 0.379 e. The molecule has 0 unspecified atom stereocenters. The summed E-state index contributed by atoms with van der Waals surface area (Å²) in [6, 6.07) is 0. The zero-order valence-electron chi connectivity index (χ0n) is 17.6. The minimum atomic E-state index is 0.340. The number of imidazole rings is 1. The lowest BCUT2D eigenvalue weighted by atomic mass is 10.5. The fraction of sp³-hybridized carbons (Fsp3) is 0.833. The van der Waals surface area contributed by atoms with Crippen molar-refractivity contribution in [2.45, 2.75) is 13.1 Å². The Balaban J connectivity index is 1.79. The Morgan fingerprint density at radius 1 is 0.897 bits per heavy atom. The van der Waals surface area contributed by atoms with Gasteiger partial charge >= 0.3 is 0 Å². The van der Waals surface area contributed by atoms with Crippen LogP contribution < -0.4 is 0 Å². The molecule has 29 heavy (non-hydrogen) atoms. The standard InChI is InChI=1S/C18H34N6O5/c1-23(2)17-18-20-3-5-24(18)6-8-26-10-12-28-14-16-29-15-13-27-11-9-25-7-4-21-22-19/h3,5H,4,6-17H2,1-2H3. The minimum absolute atomic E-state index is 0.340. The predicted octanol–water partition coefficient (Wildman–Crippen LogP) is 1.34. The summed E-state index contributed by atoms with van der Waals surface area (Å²) in [4.78, 5) is 9.08. The number of hydrogen-bond donors (Lipinski definition) is 0. The van der Waals surface area contributed by atoms with Gasteiger partial charge in [0.2, 0.25) is 0 Å². The van der Waals surface area contributed by atoms with E-state index in [2.05, 4.69) is 24.5 Å². The molecular formula is C18H34N6O5. The summed E-state index contributed by atoms with van der Waals surface area (Å²) in [6.07, 6.45) is 3.79. The summed E-state index contributed by atoms with van der Waals surface area (Å²) < 4.78 is 29.1. The molecule has 0 fully saturated rings. The van der Waals surface area contributed by atoms with E-state index in [1.54, 1.807) is 0 Å². The number of nitrogens with zero attached hydrogens (tertiary/aromatic N) is 6. The molecule has 0 bridgehead atoms. The molecule has 0 saturated heterocycles. The Kier molecular flexibility index (Phi) is 16.0. The minimum Gasteiger partial charge on any atom is -0.379 e. The van der Waals surface area contributed by atoms with Crippen molar-refractivity contribution in [1.29, 1.82) is 0 Å². The van der Waals surface area contributed by atoms with Gasteiger partial charge in [0.15, 0.2) is 0 Å². The lowest BCUT2D eigenvalue weighted by Gasteiger charge is -2.12. The van der Waals surface area contributed by atoms with E-state index in [1.165, 1.54) is 0 Å². The van der Waals surface area contributed by atoms with E-state index in [-0.39, 0.29) is 0 Å². The van der Waals surface area contributed by atoms with Crippen molar-refractivity contribution in [2.24, 2.45) is 5.11 Å². The molecule has 1 aromatic rings. The van der Waals surface area contributed by atoms with Crippen molar-refractivity contribution >= 4 is 0 Å². The van der Waals surface area contributed by atoms with Crippen LogP contribution in [-0.2, 0) is 36.8 Å². The van der Waals surface area contributed by atoms with Gasteiger partial charge < -0.3 is 33.2 Å². The lowest BCUT2D eigenvalue weighted by Crippen LogP contribution is -2.17. The first-order valence-electron chi connectivity index (χ1n) is 9.78. The van der Waals surface area contributed by atoms with Gasteiger partial charge in [-0.25, -0.2) is 4.98 Å². The van der Waals surface area contributed by atoms with Gasteiger partial charge in [-0.15, -0.1) is 0 Å². The molecule has 0 amide bonds. The average Bonchev–Trinajstić information content (AvgIpc) is 3.13. The maximum absolute atomic E-state index is 8.10. The fourth-order valence-electron chi connectivity index (χ4n) is 2.27. The Morgan fingerprint density at radius 3 is 1.93 bits per heavy atom. The number of hydrogen-bond acceptors (Lipinski definition) is 8. The maximum atomic E-state index is 8.10. The molecule has 1 aromatic heterocycles. The van der Waals surface area contributed by atoms with Crippen LogP contribution in [0.1, 0.15) is 5.82 Å². The highest BCUT2D eigenvalue weighted by molar-refractivity contribution is 4.91. The van der Waals surface area contributed by atoms with Crippen LogP contribution in [0.25, 0.3) is 10.4 Å². The van der Waals surface area contributed by atoms with Gasteiger partial charge in [0.1, 0.15) is 5.82 Å². The summed E-state index contributed by atoms with van der Waals surface area (Å²) in [5.41, 5.74) is 8.10. The van der Waals surface area contributed by atoms with Gasteiger partial charge in [0, 0.05) is 30.4 Å². The smallest absolute Gasteiger partial charge is 0.122 e. The maximum Gasteiger partial charge on any atom is 0.122 e. The van der Waals surface area contributed by atoms with Crippen LogP contribution in [0.15, 0.2) is 17.5 Å². The first kappa shape index (κ1) is 25.3. The predicted molar refractivity (Wildman–Crippen MR) is 108 cm³/mol. The molecular weight excluding hydrogens is 380 g/mol. The van der Waals surface area contributed by atoms with Crippen LogP contribution in [0.4, 0.5) is 0 Å². The molecule has 166 valence electrons. The Hall–Kier alpha value is -1.72. The number of azide groups is 1. The number of aromatic nitrogens is 2. The van der Waals surface area contributed by atoms with Crippen molar-refractivity contribution in [3.8, 4) is 0 Å². The first-order chi connectivity index (χ1) is 14.2. The van der Waals surface area contributed by atoms with Crippen LogP contribution in [0.5, 0.6) is 0 Å². The summed E-state index contributed by atoms with van der Waals surface area (Å²) in [5.74, 6) is 1.04. The van der Waals surface area contributed by atoms with E-state index >= 15 is 0 Å². The summed E-state index contributed by atoms with van der Waals surface area (Å²) in [6.45, 7) is 7.11. The van der Waals surface area contributed by atoms with E-state index in [0.29, 0.717) is 72.6 Å². The van der Waals surface area contributed by atoms with Crippen molar-refractivity contribution in [3.63, 3.8) is 0 Å². The van der Waals surface area contributed by atoms with Gasteiger partial charge in [-0.05, 0) is 19.6 Å². The van der Waals surface area contributed by atoms with E-state index in [9.17, 15) is 0 Å². The normalized spacial score (nSPS) is 11.1. The van der Waals surface area contributed by atoms with E-state index in [0.717, 1.165) is 18.9 Å². The monoisotopic (exact) mass is 414 g/mol. The summed E-state index contributed by atoms with van der Waals surface area (Å²) in [7, 11) is 4.05. The second kappa shape index (κ2) is 18.3. The van der Waals surface area contributed by atoms with Crippen molar-refractivity contribution in [2.75, 3.05) is 86.7 Å². The molecule has 1 rings (SSSR count). The molecule has 0 saturated carbocycles. The zero-order chi connectivity index (χ0) is 21.0. The molecule has 0 spiro atoms. The molecule has 0 aliphatic rings. The number of rotatable bonds is 20. The van der Waals surface area contributed by atoms with Crippen LogP contribution in [0.2, 0.25) is 0 Å². The second-order valence-electron chi connectivity index (χ2n) is 6.29. The Bertz CT molecular complexity index is 551. The molecule has 0 radical (unpaired) electrons. The molecule has 0 N–H and O–H groups in total. The molecule has 1 heterocycles. The van der Waals surface area contributed by atoms with Crippen LogP contribution >= 0.6 is 0 Å². The molecule has 0 atom stereocenters. The van der Waals surface area contributed by atoms with E-state index in [4.69, 9.17) is 29.2 Å². The highest BCUT2D eigenvalue weighted by Crippen LogP contribution is 2.00. The second-order valence-corrected chi connectivity index (χ2v) is 6.29. The summed E-state index contributed by atoms with van der Waals surface area (Å²) >= 11 is 0. The average molecular weight is 415 g/mol. The highest BCUT2D eigenvalue weighted by atomic mass is 16.6. The number of ether oxygens (including phenoxy) is 5. The molecule has 0 aliphatic heterocycles. The van der Waals surface area contributed by atoms with Crippen molar-refractivity contribution in [3.05, 3.63) is 28.7 Å². The third kappa shape index (κ3) is 14.9. The fourth-order valence-corrected chi connectivity index (χ4v) is 2.27. The Morgan fingerprint density at radius 2 is 1.41 bits per heavy atom. The molecule has 11 heteroatoms. The summed E-state index contributed by atoms with van der Waals surface area (Å²) in [5, 5.41) is 3.37. The lowest BCUT2D eigenvalue weighted by molar-refractivity contribution is -0.0110. The third-order valence-corrected chi connectivity index (χ3v) is 3.62. The molecule has 11 nitrogen and oxygen atoms in total. The first-order valence-corrected chi connectivity index (χ1v) is 9.78. The van der Waals surface area contributed by atoms with Crippen LogP contribution in [0, 0.1) is 0 Å². The van der Waals surface area contributed by atoms with Crippen molar-refractivity contribution in [1.82, 2.24) is 14.5 Å². The van der Waals surface area contributed by atoms with Gasteiger partial charge in [-0.2, -0.15) is 0 Å². The molecule has 0 aliphatic carbocycles. The molecule has 0 aromatic carbocycles. The van der Waals surface area contributed by atoms with Crippen LogP contribution in [0.3, 0.4) is 0 Å².